The number of nitrogens with zero attached hydrogens (tertiary/aromatic N) is 2. The van der Waals surface area contributed by atoms with E-state index in [1.165, 1.54) is 18.6 Å². The Hall–Kier alpha value is -1.40. The van der Waals surface area contributed by atoms with Crippen LogP contribution in [-0.2, 0) is 11.2 Å². The quantitative estimate of drug-likeness (QED) is 0.859. The number of benzene rings is 1. The zero-order valence-corrected chi connectivity index (χ0v) is 11.8. The summed E-state index contributed by atoms with van der Waals surface area (Å²) in [4.78, 5) is 5.44. The van der Waals surface area contributed by atoms with E-state index in [-0.39, 0.29) is 11.2 Å². The summed E-state index contributed by atoms with van der Waals surface area (Å²) in [6, 6.07) is 6.38. The Labute approximate surface area is 120 Å². The van der Waals surface area contributed by atoms with E-state index in [2.05, 4.69) is 10.1 Å². The van der Waals surface area contributed by atoms with E-state index >= 15 is 0 Å². The van der Waals surface area contributed by atoms with Crippen LogP contribution in [-0.4, -0.2) is 16.7 Å². The molecule has 1 saturated carbocycles. The van der Waals surface area contributed by atoms with Crippen molar-refractivity contribution in [3.63, 3.8) is 0 Å². The molecule has 0 radical (unpaired) electrons. The second kappa shape index (κ2) is 5.54. The average Bonchev–Trinajstić information content (AvgIpc) is 2.87. The number of aromatic nitrogens is 2. The van der Waals surface area contributed by atoms with E-state index < -0.39 is 0 Å². The smallest absolute Gasteiger partial charge is 0.234 e. The van der Waals surface area contributed by atoms with Crippen molar-refractivity contribution in [3.05, 3.63) is 41.8 Å². The highest BCUT2D eigenvalue weighted by Crippen LogP contribution is 2.42. The second-order valence-electron chi connectivity index (χ2n) is 5.10. The van der Waals surface area contributed by atoms with Gasteiger partial charge in [-0.25, -0.2) is 4.39 Å². The molecule has 0 amide bonds. The predicted molar refractivity (Wildman–Crippen MR) is 74.8 cm³/mol. The minimum Gasteiger partial charge on any atom is -0.339 e. The Kier molecular flexibility index (Phi) is 3.76. The monoisotopic (exact) mass is 293 g/mol. The zero-order valence-electron chi connectivity index (χ0n) is 11.0. The molecule has 4 nitrogen and oxygen atoms in total. The van der Waals surface area contributed by atoms with Gasteiger partial charge in [0.1, 0.15) is 5.82 Å². The molecule has 0 aliphatic heterocycles. The van der Waals surface area contributed by atoms with Gasteiger partial charge in [0, 0.05) is 11.4 Å². The molecule has 1 aromatic carbocycles. The summed E-state index contributed by atoms with van der Waals surface area (Å²) < 4.78 is 18.2. The van der Waals surface area contributed by atoms with E-state index in [9.17, 15) is 4.39 Å². The van der Waals surface area contributed by atoms with E-state index in [1.807, 2.05) is 0 Å². The van der Waals surface area contributed by atoms with Gasteiger partial charge < -0.3 is 10.3 Å². The van der Waals surface area contributed by atoms with Crippen molar-refractivity contribution < 1.29 is 8.91 Å². The number of hydrogen-bond donors (Lipinski definition) is 1. The predicted octanol–water partition coefficient (Wildman–Crippen LogP) is 2.88. The molecular formula is C14H16FN3OS. The third kappa shape index (κ3) is 2.58. The second-order valence-corrected chi connectivity index (χ2v) is 6.15. The van der Waals surface area contributed by atoms with Gasteiger partial charge in [-0.05, 0) is 37.1 Å². The minimum absolute atomic E-state index is 0.0915. The molecule has 1 aliphatic carbocycles. The first-order valence-electron chi connectivity index (χ1n) is 6.63. The SMILES string of the molecule is NCC1(c2nc(CSc3ccc(F)cc3)no2)CCC1. The molecule has 0 atom stereocenters. The summed E-state index contributed by atoms with van der Waals surface area (Å²) in [5.74, 6) is 1.71. The van der Waals surface area contributed by atoms with Crippen LogP contribution in [0.15, 0.2) is 33.7 Å². The Bertz CT molecular complexity index is 575. The van der Waals surface area contributed by atoms with E-state index in [4.69, 9.17) is 10.3 Å². The van der Waals surface area contributed by atoms with Gasteiger partial charge in [0.25, 0.3) is 0 Å². The highest BCUT2D eigenvalue weighted by atomic mass is 32.2. The molecule has 20 heavy (non-hydrogen) atoms. The molecular weight excluding hydrogens is 277 g/mol. The normalized spacial score (nSPS) is 16.9. The zero-order chi connectivity index (χ0) is 14.0. The first kappa shape index (κ1) is 13.6. The van der Waals surface area contributed by atoms with Gasteiger partial charge in [-0.2, -0.15) is 4.98 Å². The first-order valence-corrected chi connectivity index (χ1v) is 7.62. The van der Waals surface area contributed by atoms with Crippen molar-refractivity contribution in [2.75, 3.05) is 6.54 Å². The van der Waals surface area contributed by atoms with Gasteiger partial charge >= 0.3 is 0 Å². The highest BCUT2D eigenvalue weighted by Gasteiger charge is 2.42. The molecule has 6 heteroatoms. The van der Waals surface area contributed by atoms with Crippen molar-refractivity contribution in [3.8, 4) is 0 Å². The fraction of sp³-hybridized carbons (Fsp3) is 0.429. The molecule has 0 spiro atoms. The Morgan fingerprint density at radius 1 is 1.30 bits per heavy atom. The third-order valence-corrected chi connectivity index (χ3v) is 4.81. The third-order valence-electron chi connectivity index (χ3n) is 3.80. The van der Waals surface area contributed by atoms with Gasteiger partial charge in [-0.1, -0.05) is 11.6 Å². The van der Waals surface area contributed by atoms with Crippen molar-refractivity contribution in [1.82, 2.24) is 10.1 Å². The lowest BCUT2D eigenvalue weighted by Crippen LogP contribution is -2.41. The lowest BCUT2D eigenvalue weighted by Gasteiger charge is -2.36. The van der Waals surface area contributed by atoms with Crippen LogP contribution in [0.1, 0.15) is 31.0 Å². The lowest BCUT2D eigenvalue weighted by atomic mass is 9.69. The largest absolute Gasteiger partial charge is 0.339 e. The fourth-order valence-corrected chi connectivity index (χ4v) is 3.06. The molecule has 106 valence electrons. The van der Waals surface area contributed by atoms with Crippen molar-refractivity contribution in [2.45, 2.75) is 35.3 Å². The molecule has 1 heterocycles. The Morgan fingerprint density at radius 2 is 2.05 bits per heavy atom. The standard InChI is InChI=1S/C14H16FN3OS/c15-10-2-4-11(5-3-10)20-8-12-17-13(19-18-12)14(9-16)6-1-7-14/h2-5H,1,6-9,16H2. The van der Waals surface area contributed by atoms with E-state index in [1.54, 1.807) is 23.9 Å². The van der Waals surface area contributed by atoms with Crippen LogP contribution in [0.2, 0.25) is 0 Å². The van der Waals surface area contributed by atoms with Crippen LogP contribution < -0.4 is 5.73 Å². The van der Waals surface area contributed by atoms with Crippen LogP contribution in [0.5, 0.6) is 0 Å². The molecule has 0 unspecified atom stereocenters. The van der Waals surface area contributed by atoms with Gasteiger partial charge in [0.15, 0.2) is 5.82 Å². The molecule has 2 N–H and O–H groups in total. The lowest BCUT2D eigenvalue weighted by molar-refractivity contribution is 0.181. The number of thioether (sulfide) groups is 1. The molecule has 2 aromatic rings. The number of halogens is 1. The summed E-state index contributed by atoms with van der Waals surface area (Å²) in [5, 5.41) is 4.01. The van der Waals surface area contributed by atoms with Crippen LogP contribution in [0.3, 0.4) is 0 Å². The topological polar surface area (TPSA) is 64.9 Å². The van der Waals surface area contributed by atoms with Crippen LogP contribution in [0.4, 0.5) is 4.39 Å². The van der Waals surface area contributed by atoms with Crippen molar-refractivity contribution >= 4 is 11.8 Å². The highest BCUT2D eigenvalue weighted by molar-refractivity contribution is 7.98. The number of rotatable bonds is 5. The molecule has 1 fully saturated rings. The minimum atomic E-state index is -0.230. The first-order chi connectivity index (χ1) is 9.72. The van der Waals surface area contributed by atoms with Gasteiger partial charge in [-0.15, -0.1) is 11.8 Å². The Balaban J connectivity index is 1.64. The summed E-state index contributed by atoms with van der Waals surface area (Å²) in [7, 11) is 0. The fourth-order valence-electron chi connectivity index (χ4n) is 2.32. The van der Waals surface area contributed by atoms with Crippen LogP contribution in [0, 0.1) is 5.82 Å². The summed E-state index contributed by atoms with van der Waals surface area (Å²) >= 11 is 1.56. The van der Waals surface area contributed by atoms with Crippen molar-refractivity contribution in [2.24, 2.45) is 5.73 Å². The summed E-state index contributed by atoms with van der Waals surface area (Å²) in [6.45, 7) is 0.555. The van der Waals surface area contributed by atoms with Gasteiger partial charge in [-0.3, -0.25) is 0 Å². The summed E-state index contributed by atoms with van der Waals surface area (Å²) in [5.41, 5.74) is 5.73. The van der Waals surface area contributed by atoms with Crippen LogP contribution in [0.25, 0.3) is 0 Å². The maximum atomic E-state index is 12.8. The van der Waals surface area contributed by atoms with Gasteiger partial charge in [0.2, 0.25) is 5.89 Å². The maximum absolute atomic E-state index is 12.8. The molecule has 1 aromatic heterocycles. The summed E-state index contributed by atoms with van der Waals surface area (Å²) in [6.07, 6.45) is 3.21. The van der Waals surface area contributed by atoms with E-state index in [0.717, 1.165) is 17.7 Å². The molecule has 0 saturated heterocycles. The molecule has 3 rings (SSSR count). The van der Waals surface area contributed by atoms with Gasteiger partial charge in [0.05, 0.1) is 11.2 Å². The Morgan fingerprint density at radius 3 is 2.65 bits per heavy atom. The van der Waals surface area contributed by atoms with Crippen molar-refractivity contribution in [1.29, 1.82) is 0 Å². The number of hydrogen-bond acceptors (Lipinski definition) is 5. The van der Waals surface area contributed by atoms with E-state index in [0.29, 0.717) is 24.0 Å². The average molecular weight is 293 g/mol. The number of nitrogens with two attached hydrogens (primary N) is 1. The maximum Gasteiger partial charge on any atom is 0.234 e. The van der Waals surface area contributed by atoms with Crippen LogP contribution >= 0.6 is 11.8 Å². The molecule has 0 bridgehead atoms. The molecule has 1 aliphatic rings.